The molecule has 1 aromatic carbocycles. The second kappa shape index (κ2) is 9.03. The van der Waals surface area contributed by atoms with Gasteiger partial charge in [-0.3, -0.25) is 5.41 Å². The van der Waals surface area contributed by atoms with E-state index >= 15 is 0 Å². The minimum Gasteiger partial charge on any atom is -0.345 e. The van der Waals surface area contributed by atoms with Crippen LogP contribution in [0.15, 0.2) is 36.8 Å². The fraction of sp³-hybridized carbons (Fsp3) is 0.444. The van der Waals surface area contributed by atoms with Crippen molar-refractivity contribution in [3.8, 4) is 11.3 Å². The van der Waals surface area contributed by atoms with Gasteiger partial charge < -0.3 is 9.88 Å². The smallest absolute Gasteiger partial charge is 0.0924 e. The Bertz CT molecular complexity index is 531. The van der Waals surface area contributed by atoms with E-state index < -0.39 is 0 Å². The molecule has 4 heteroatoms. The van der Waals surface area contributed by atoms with Gasteiger partial charge in [0.25, 0.3) is 0 Å². The van der Waals surface area contributed by atoms with Crippen molar-refractivity contribution in [3.05, 3.63) is 36.8 Å². The van der Waals surface area contributed by atoms with Crippen LogP contribution in [0.1, 0.15) is 45.4 Å². The van der Waals surface area contributed by atoms with E-state index in [1.165, 1.54) is 38.4 Å². The van der Waals surface area contributed by atoms with E-state index in [2.05, 4.69) is 41.2 Å². The number of nitrogens with one attached hydrogen (secondary N) is 2. The maximum Gasteiger partial charge on any atom is 0.0924 e. The summed E-state index contributed by atoms with van der Waals surface area (Å²) in [5.74, 6) is 0. The molecule has 0 atom stereocenters. The number of aromatic nitrogens is 2. The predicted octanol–water partition coefficient (Wildman–Crippen LogP) is 4.85. The first-order valence-electron chi connectivity index (χ1n) is 8.21. The van der Waals surface area contributed by atoms with E-state index in [-0.39, 0.29) is 0 Å². The Balaban J connectivity index is 1.84. The molecule has 0 fully saturated rings. The van der Waals surface area contributed by atoms with Crippen molar-refractivity contribution in [2.75, 3.05) is 11.4 Å². The predicted molar refractivity (Wildman–Crippen MR) is 93.5 cm³/mol. The monoisotopic (exact) mass is 298 g/mol. The number of nitrogens with zero attached hydrogens (tertiary/aromatic N) is 2. The maximum absolute atomic E-state index is 7.62. The molecule has 0 unspecified atom stereocenters. The van der Waals surface area contributed by atoms with Crippen LogP contribution in [0.25, 0.3) is 11.3 Å². The van der Waals surface area contributed by atoms with Gasteiger partial charge >= 0.3 is 0 Å². The molecule has 0 spiro atoms. The van der Waals surface area contributed by atoms with Gasteiger partial charge in [-0.05, 0) is 24.1 Å². The molecule has 2 aromatic rings. The van der Waals surface area contributed by atoms with Crippen LogP contribution >= 0.6 is 0 Å². The number of anilines is 1. The van der Waals surface area contributed by atoms with E-state index in [9.17, 15) is 0 Å². The largest absolute Gasteiger partial charge is 0.345 e. The Morgan fingerprint density at radius 3 is 2.45 bits per heavy atom. The molecule has 0 amide bonds. The average molecular weight is 298 g/mol. The molecular formula is C18H26N4. The van der Waals surface area contributed by atoms with Gasteiger partial charge in [0.2, 0.25) is 0 Å². The zero-order valence-electron chi connectivity index (χ0n) is 13.4. The van der Waals surface area contributed by atoms with Crippen LogP contribution in [0, 0.1) is 5.41 Å². The number of benzene rings is 1. The molecule has 0 aliphatic heterocycles. The van der Waals surface area contributed by atoms with E-state index in [0.29, 0.717) is 0 Å². The lowest BCUT2D eigenvalue weighted by atomic mass is 10.1. The average Bonchev–Trinajstić information content (AvgIpc) is 3.09. The summed E-state index contributed by atoms with van der Waals surface area (Å²) in [6, 6.07) is 8.28. The summed E-state index contributed by atoms with van der Waals surface area (Å²) < 4.78 is 0. The topological polar surface area (TPSA) is 55.8 Å². The summed E-state index contributed by atoms with van der Waals surface area (Å²) in [4.78, 5) is 9.16. The highest BCUT2D eigenvalue weighted by molar-refractivity contribution is 5.78. The van der Waals surface area contributed by atoms with Crippen LogP contribution in [-0.2, 0) is 0 Å². The summed E-state index contributed by atoms with van der Waals surface area (Å²) in [6.45, 7) is 3.16. The molecule has 118 valence electrons. The highest BCUT2D eigenvalue weighted by atomic mass is 15.1. The molecular weight excluding hydrogens is 272 g/mol. The highest BCUT2D eigenvalue weighted by Crippen LogP contribution is 2.21. The summed E-state index contributed by atoms with van der Waals surface area (Å²) in [6.07, 6.45) is 12.6. The molecule has 2 N–H and O–H groups in total. The summed E-state index contributed by atoms with van der Waals surface area (Å²) in [7, 11) is 0. The first-order chi connectivity index (χ1) is 10.8. The number of imidazole rings is 1. The highest BCUT2D eigenvalue weighted by Gasteiger charge is 2.05. The minimum absolute atomic E-state index is 0.916. The molecule has 0 aliphatic rings. The van der Waals surface area contributed by atoms with Crippen molar-refractivity contribution in [2.45, 2.75) is 45.4 Å². The fourth-order valence-electron chi connectivity index (χ4n) is 2.58. The molecule has 0 saturated carbocycles. The van der Waals surface area contributed by atoms with Crippen LogP contribution in [0.3, 0.4) is 0 Å². The second-order valence-electron chi connectivity index (χ2n) is 5.60. The molecule has 0 aliphatic carbocycles. The van der Waals surface area contributed by atoms with Crippen LogP contribution in [0.2, 0.25) is 0 Å². The molecule has 22 heavy (non-hydrogen) atoms. The van der Waals surface area contributed by atoms with Gasteiger partial charge in [0, 0.05) is 12.2 Å². The first-order valence-corrected chi connectivity index (χ1v) is 8.21. The third kappa shape index (κ3) is 4.72. The molecule has 1 aromatic heterocycles. The number of aromatic amines is 1. The van der Waals surface area contributed by atoms with Gasteiger partial charge in [-0.2, -0.15) is 0 Å². The van der Waals surface area contributed by atoms with Gasteiger partial charge in [0.1, 0.15) is 0 Å². The number of rotatable bonds is 10. The van der Waals surface area contributed by atoms with Crippen LogP contribution in [0.5, 0.6) is 0 Å². The molecule has 0 bridgehead atoms. The summed E-state index contributed by atoms with van der Waals surface area (Å²) >= 11 is 0. The first kappa shape index (κ1) is 16.3. The van der Waals surface area contributed by atoms with Crippen molar-refractivity contribution in [1.82, 2.24) is 9.97 Å². The normalized spacial score (nSPS) is 10.6. The number of unbranched alkanes of at least 4 members (excludes halogenated alkanes) is 5. The van der Waals surface area contributed by atoms with Gasteiger partial charge in [-0.1, -0.05) is 51.2 Å². The van der Waals surface area contributed by atoms with Gasteiger partial charge in [0.05, 0.1) is 24.6 Å². The lowest BCUT2D eigenvalue weighted by molar-refractivity contribution is 0.611. The van der Waals surface area contributed by atoms with E-state index in [4.69, 9.17) is 5.41 Å². The van der Waals surface area contributed by atoms with E-state index in [1.54, 1.807) is 6.33 Å². The Morgan fingerprint density at radius 2 is 1.82 bits per heavy atom. The zero-order chi connectivity index (χ0) is 15.6. The van der Waals surface area contributed by atoms with E-state index in [1.807, 2.05) is 11.1 Å². The van der Waals surface area contributed by atoms with Crippen LogP contribution < -0.4 is 4.90 Å². The Hall–Kier alpha value is -2.10. The summed E-state index contributed by atoms with van der Waals surface area (Å²) in [5.41, 5.74) is 3.21. The number of hydrogen-bond donors (Lipinski definition) is 2. The van der Waals surface area contributed by atoms with Crippen LogP contribution in [-0.4, -0.2) is 22.9 Å². The molecule has 2 rings (SSSR count). The molecule has 4 nitrogen and oxygen atoms in total. The standard InChI is InChI=1S/C18H26N4/c1-2-3-4-5-6-7-12-22(14-19)17-10-8-16(9-11-17)18-13-20-15-21-18/h8-11,13-15,19H,2-7,12H2,1H3,(H,20,21). The van der Waals surface area contributed by atoms with Crippen molar-refractivity contribution >= 4 is 12.0 Å². The number of H-pyrrole nitrogens is 1. The van der Waals surface area contributed by atoms with Gasteiger partial charge in [0.15, 0.2) is 0 Å². The van der Waals surface area contributed by atoms with Gasteiger partial charge in [-0.25, -0.2) is 4.98 Å². The molecule has 0 saturated heterocycles. The second-order valence-corrected chi connectivity index (χ2v) is 5.60. The quantitative estimate of drug-likeness (QED) is 0.374. The minimum atomic E-state index is 0.916. The maximum atomic E-state index is 7.62. The Labute approximate surface area is 133 Å². The van der Waals surface area contributed by atoms with Crippen molar-refractivity contribution in [3.63, 3.8) is 0 Å². The lowest BCUT2D eigenvalue weighted by Gasteiger charge is -2.19. The zero-order valence-corrected chi connectivity index (χ0v) is 13.4. The summed E-state index contributed by atoms with van der Waals surface area (Å²) in [5, 5.41) is 7.62. The van der Waals surface area contributed by atoms with E-state index in [0.717, 1.165) is 29.9 Å². The third-order valence-electron chi connectivity index (χ3n) is 3.92. The van der Waals surface area contributed by atoms with Crippen molar-refractivity contribution < 1.29 is 0 Å². The fourth-order valence-corrected chi connectivity index (χ4v) is 2.58. The third-order valence-corrected chi connectivity index (χ3v) is 3.92. The lowest BCUT2D eigenvalue weighted by Crippen LogP contribution is -2.21. The molecule has 0 radical (unpaired) electrons. The molecule has 1 heterocycles. The van der Waals surface area contributed by atoms with Crippen molar-refractivity contribution in [2.24, 2.45) is 0 Å². The SMILES string of the molecule is CCCCCCCCN(C=N)c1ccc(-c2cnc[nH]2)cc1. The van der Waals surface area contributed by atoms with Crippen molar-refractivity contribution in [1.29, 1.82) is 5.41 Å². The van der Waals surface area contributed by atoms with Crippen LogP contribution in [0.4, 0.5) is 5.69 Å². The number of hydrogen-bond acceptors (Lipinski definition) is 2. The van der Waals surface area contributed by atoms with Gasteiger partial charge in [-0.15, -0.1) is 0 Å². The Kier molecular flexibility index (Phi) is 6.68. The Morgan fingerprint density at radius 1 is 1.09 bits per heavy atom.